The van der Waals surface area contributed by atoms with Crippen LogP contribution in [0.3, 0.4) is 0 Å². The van der Waals surface area contributed by atoms with E-state index < -0.39 is 0 Å². The Kier molecular flexibility index (Phi) is 6.28. The van der Waals surface area contributed by atoms with E-state index in [0.717, 1.165) is 36.3 Å². The fraction of sp³-hybridized carbons (Fsp3) is 0.316. The molecule has 0 saturated heterocycles. The van der Waals surface area contributed by atoms with Crippen LogP contribution in [0, 0.1) is 0 Å². The molecule has 0 aliphatic rings. The van der Waals surface area contributed by atoms with Gasteiger partial charge in [0.2, 0.25) is 0 Å². The minimum atomic E-state index is 0. The Balaban J connectivity index is 0.00000225. The van der Waals surface area contributed by atoms with Crippen LogP contribution < -0.4 is 28.2 Å². The number of rotatable bonds is 6. The fourth-order valence-electron chi connectivity index (χ4n) is 2.92. The monoisotopic (exact) mass is 360 g/mol. The van der Waals surface area contributed by atoms with Crippen molar-refractivity contribution in [3.63, 3.8) is 0 Å². The SMILES string of the molecule is COc1ccc(CCNCc2ccc3c(c2)n(C)c(=O)n3C)cc1.[Cl-]. The van der Waals surface area contributed by atoms with E-state index in [-0.39, 0.29) is 18.1 Å². The molecule has 134 valence electrons. The Morgan fingerprint density at radius 2 is 1.60 bits per heavy atom. The van der Waals surface area contributed by atoms with Crippen molar-refractivity contribution in [1.82, 2.24) is 14.5 Å². The predicted molar refractivity (Wildman–Crippen MR) is 96.6 cm³/mol. The van der Waals surface area contributed by atoms with Gasteiger partial charge < -0.3 is 22.5 Å². The van der Waals surface area contributed by atoms with Gasteiger partial charge >= 0.3 is 5.69 Å². The number of hydrogen-bond acceptors (Lipinski definition) is 3. The van der Waals surface area contributed by atoms with E-state index in [1.165, 1.54) is 11.1 Å². The van der Waals surface area contributed by atoms with Gasteiger partial charge in [-0.2, -0.15) is 0 Å². The molecular formula is C19H23ClN3O2-. The van der Waals surface area contributed by atoms with E-state index in [1.54, 1.807) is 23.3 Å². The van der Waals surface area contributed by atoms with Crippen molar-refractivity contribution >= 4 is 11.0 Å². The predicted octanol–water partition coefficient (Wildman–Crippen LogP) is -0.778. The number of nitrogens with one attached hydrogen (secondary N) is 1. The number of fused-ring (bicyclic) bond motifs is 1. The lowest BCUT2D eigenvalue weighted by atomic mass is 10.1. The zero-order valence-electron chi connectivity index (χ0n) is 14.8. The van der Waals surface area contributed by atoms with Crippen molar-refractivity contribution in [1.29, 1.82) is 0 Å². The Morgan fingerprint density at radius 1 is 0.960 bits per heavy atom. The summed E-state index contributed by atoms with van der Waals surface area (Å²) in [5, 5.41) is 3.46. The molecule has 0 amide bonds. The van der Waals surface area contributed by atoms with Crippen molar-refractivity contribution < 1.29 is 17.1 Å². The molecule has 3 rings (SSSR count). The number of hydrogen-bond donors (Lipinski definition) is 1. The van der Waals surface area contributed by atoms with Crippen molar-refractivity contribution in [2.24, 2.45) is 14.1 Å². The number of imidazole rings is 1. The van der Waals surface area contributed by atoms with Gasteiger partial charge in [0.25, 0.3) is 0 Å². The second kappa shape index (κ2) is 8.23. The number of halogens is 1. The molecular weight excluding hydrogens is 338 g/mol. The lowest BCUT2D eigenvalue weighted by Crippen LogP contribution is -3.00. The minimum Gasteiger partial charge on any atom is -1.00 e. The zero-order valence-corrected chi connectivity index (χ0v) is 15.5. The first-order chi connectivity index (χ1) is 11.6. The lowest BCUT2D eigenvalue weighted by molar-refractivity contribution is -0.00000538. The smallest absolute Gasteiger partial charge is 0.328 e. The second-order valence-electron chi connectivity index (χ2n) is 6.00. The molecule has 2 aromatic carbocycles. The van der Waals surface area contributed by atoms with E-state index in [0.29, 0.717) is 0 Å². The van der Waals surface area contributed by atoms with Crippen LogP contribution in [0.25, 0.3) is 11.0 Å². The van der Waals surface area contributed by atoms with Crippen LogP contribution in [0.2, 0.25) is 0 Å². The van der Waals surface area contributed by atoms with Gasteiger partial charge in [-0.15, -0.1) is 0 Å². The number of benzene rings is 2. The van der Waals surface area contributed by atoms with Gasteiger partial charge in [0.15, 0.2) is 0 Å². The summed E-state index contributed by atoms with van der Waals surface area (Å²) < 4.78 is 8.53. The van der Waals surface area contributed by atoms with Crippen molar-refractivity contribution in [3.8, 4) is 5.75 Å². The van der Waals surface area contributed by atoms with Gasteiger partial charge in [-0.1, -0.05) is 18.2 Å². The summed E-state index contributed by atoms with van der Waals surface area (Å²) in [6.07, 6.45) is 0.968. The highest BCUT2D eigenvalue weighted by Gasteiger charge is 2.07. The third-order valence-electron chi connectivity index (χ3n) is 4.42. The summed E-state index contributed by atoms with van der Waals surface area (Å²) in [5.74, 6) is 0.883. The maximum Gasteiger partial charge on any atom is 0.328 e. The highest BCUT2D eigenvalue weighted by Crippen LogP contribution is 2.14. The highest BCUT2D eigenvalue weighted by molar-refractivity contribution is 5.76. The van der Waals surface area contributed by atoms with Crippen LogP contribution >= 0.6 is 0 Å². The van der Waals surface area contributed by atoms with E-state index in [9.17, 15) is 4.79 Å². The van der Waals surface area contributed by atoms with Crippen LogP contribution in [0.4, 0.5) is 0 Å². The summed E-state index contributed by atoms with van der Waals surface area (Å²) in [6, 6.07) is 14.3. The molecule has 3 aromatic rings. The normalized spacial score (nSPS) is 10.7. The number of aryl methyl sites for hydroxylation is 2. The largest absolute Gasteiger partial charge is 1.00 e. The molecule has 0 unspecified atom stereocenters. The maximum absolute atomic E-state index is 12.0. The van der Waals surface area contributed by atoms with Crippen molar-refractivity contribution in [2.75, 3.05) is 13.7 Å². The van der Waals surface area contributed by atoms with Gasteiger partial charge in [0.05, 0.1) is 18.1 Å². The van der Waals surface area contributed by atoms with Crippen LogP contribution in [-0.4, -0.2) is 22.8 Å². The van der Waals surface area contributed by atoms with Crippen molar-refractivity contribution in [3.05, 3.63) is 64.1 Å². The van der Waals surface area contributed by atoms with E-state index in [2.05, 4.69) is 29.6 Å². The summed E-state index contributed by atoms with van der Waals surface area (Å²) >= 11 is 0. The zero-order chi connectivity index (χ0) is 17.1. The summed E-state index contributed by atoms with van der Waals surface area (Å²) in [4.78, 5) is 12.0. The molecule has 0 fully saturated rings. The molecule has 0 atom stereocenters. The molecule has 1 heterocycles. The lowest BCUT2D eigenvalue weighted by Gasteiger charge is -2.07. The second-order valence-corrected chi connectivity index (χ2v) is 6.00. The first-order valence-corrected chi connectivity index (χ1v) is 8.08. The van der Waals surface area contributed by atoms with E-state index >= 15 is 0 Å². The standard InChI is InChI=1S/C19H23N3O2.ClH/c1-21-17-9-6-15(12-18(17)22(2)19(21)23)13-20-11-10-14-4-7-16(24-3)8-5-14;/h4-9,12,20H,10-11,13H2,1-3H3;1H/p-1. The topological polar surface area (TPSA) is 48.2 Å². The molecule has 6 heteroatoms. The van der Waals surface area contributed by atoms with Gasteiger partial charge in [0.1, 0.15) is 5.75 Å². The Labute approximate surface area is 153 Å². The molecule has 1 N–H and O–H groups in total. The quantitative estimate of drug-likeness (QED) is 0.587. The molecule has 25 heavy (non-hydrogen) atoms. The maximum atomic E-state index is 12.0. The summed E-state index contributed by atoms with van der Waals surface area (Å²) in [7, 11) is 5.29. The summed E-state index contributed by atoms with van der Waals surface area (Å²) in [5.41, 5.74) is 4.40. The Hall–Kier alpha value is -2.24. The number of methoxy groups -OCH3 is 1. The number of aromatic nitrogens is 2. The molecule has 1 aromatic heterocycles. The average Bonchev–Trinajstić information content (AvgIpc) is 2.83. The van der Waals surface area contributed by atoms with Crippen LogP contribution in [0.5, 0.6) is 5.75 Å². The van der Waals surface area contributed by atoms with Crippen LogP contribution in [0.15, 0.2) is 47.3 Å². The average molecular weight is 361 g/mol. The first kappa shape index (κ1) is 19.1. The van der Waals surface area contributed by atoms with Crippen molar-refractivity contribution in [2.45, 2.75) is 13.0 Å². The van der Waals surface area contributed by atoms with E-state index in [4.69, 9.17) is 4.74 Å². The van der Waals surface area contributed by atoms with Crippen LogP contribution in [0.1, 0.15) is 11.1 Å². The van der Waals surface area contributed by atoms with Crippen LogP contribution in [-0.2, 0) is 27.1 Å². The van der Waals surface area contributed by atoms with Gasteiger partial charge in [0, 0.05) is 20.6 Å². The molecule has 0 aliphatic heterocycles. The van der Waals surface area contributed by atoms with E-state index in [1.807, 2.05) is 25.2 Å². The van der Waals surface area contributed by atoms with Gasteiger partial charge in [-0.3, -0.25) is 9.13 Å². The minimum absolute atomic E-state index is 0. The Morgan fingerprint density at radius 3 is 2.28 bits per heavy atom. The summed E-state index contributed by atoms with van der Waals surface area (Å²) in [6.45, 7) is 1.69. The number of ether oxygens (including phenoxy) is 1. The number of nitrogens with zero attached hydrogens (tertiary/aromatic N) is 2. The molecule has 0 spiro atoms. The van der Waals surface area contributed by atoms with Gasteiger partial charge in [-0.05, 0) is 48.4 Å². The molecule has 5 nitrogen and oxygen atoms in total. The fourth-order valence-corrected chi connectivity index (χ4v) is 2.92. The van der Waals surface area contributed by atoms with Gasteiger partial charge in [-0.25, -0.2) is 4.79 Å². The highest BCUT2D eigenvalue weighted by atomic mass is 35.5. The molecule has 0 radical (unpaired) electrons. The Bertz CT molecular complexity index is 897. The third-order valence-corrected chi connectivity index (χ3v) is 4.42. The molecule has 0 bridgehead atoms. The first-order valence-electron chi connectivity index (χ1n) is 8.08. The molecule has 0 aliphatic carbocycles. The molecule has 0 saturated carbocycles. The third kappa shape index (κ3) is 4.06.